The number of alkyl halides is 1. The fourth-order valence-corrected chi connectivity index (χ4v) is 5.16. The Labute approximate surface area is 133 Å². The van der Waals surface area contributed by atoms with Crippen molar-refractivity contribution < 1.29 is 0 Å². The summed E-state index contributed by atoms with van der Waals surface area (Å²) in [6.07, 6.45) is 6.69. The maximum absolute atomic E-state index is 5.10. The molecule has 0 aromatic heterocycles. The van der Waals surface area contributed by atoms with Crippen molar-refractivity contribution in [3.05, 3.63) is 35.4 Å². The smallest absolute Gasteiger partial charge is 0.0992 e. The fourth-order valence-electron chi connectivity index (χ4n) is 3.03. The molecule has 1 aromatic rings. The van der Waals surface area contributed by atoms with Crippen LogP contribution in [0.2, 0.25) is 0 Å². The van der Waals surface area contributed by atoms with E-state index in [0.717, 1.165) is 4.43 Å². The van der Waals surface area contributed by atoms with E-state index in [-0.39, 0.29) is 4.75 Å². The predicted molar refractivity (Wildman–Crippen MR) is 93.7 cm³/mol. The second-order valence-electron chi connectivity index (χ2n) is 5.74. The van der Waals surface area contributed by atoms with Crippen LogP contribution in [0, 0.1) is 0 Å². The summed E-state index contributed by atoms with van der Waals surface area (Å²) in [6.45, 7) is 2.35. The number of benzene rings is 1. The molecule has 1 aliphatic carbocycles. The molecule has 3 rings (SSSR count). The van der Waals surface area contributed by atoms with Gasteiger partial charge in [0, 0.05) is 9.99 Å². The number of hydrogen-bond donors (Lipinski definition) is 0. The summed E-state index contributed by atoms with van der Waals surface area (Å²) in [5.74, 6) is 0. The maximum Gasteiger partial charge on any atom is 0.0992 e. The number of fused-ring (bicyclic) bond motifs is 1. The van der Waals surface area contributed by atoms with Crippen LogP contribution in [0.5, 0.6) is 0 Å². The topological polar surface area (TPSA) is 12.4 Å². The van der Waals surface area contributed by atoms with Gasteiger partial charge in [-0.1, -0.05) is 77.9 Å². The van der Waals surface area contributed by atoms with Crippen LogP contribution < -0.4 is 0 Å². The Morgan fingerprint density at radius 2 is 2.00 bits per heavy atom. The first-order chi connectivity index (χ1) is 9.23. The van der Waals surface area contributed by atoms with Crippen molar-refractivity contribution in [1.29, 1.82) is 0 Å². The second-order valence-corrected chi connectivity index (χ2v) is 7.99. The first-order valence-corrected chi connectivity index (χ1v) is 9.50. The highest BCUT2D eigenvalue weighted by atomic mass is 127. The lowest BCUT2D eigenvalue weighted by molar-refractivity contribution is 0.444. The molecule has 1 nitrogen and oxygen atoms in total. The van der Waals surface area contributed by atoms with E-state index in [1.54, 1.807) is 0 Å². The van der Waals surface area contributed by atoms with Crippen LogP contribution in [-0.4, -0.2) is 15.5 Å². The molecule has 1 atom stereocenters. The van der Waals surface area contributed by atoms with Crippen molar-refractivity contribution in [2.45, 2.75) is 49.8 Å². The molecule has 0 N–H and O–H groups in total. The monoisotopic (exact) mass is 385 g/mol. The van der Waals surface area contributed by atoms with Crippen molar-refractivity contribution in [3.63, 3.8) is 0 Å². The molecular weight excluding hydrogens is 365 g/mol. The minimum absolute atomic E-state index is 0.213. The second kappa shape index (κ2) is 5.76. The Morgan fingerprint density at radius 1 is 1.26 bits per heavy atom. The van der Waals surface area contributed by atoms with Crippen LogP contribution in [0.4, 0.5) is 0 Å². The first-order valence-electron chi connectivity index (χ1n) is 7.15. The Morgan fingerprint density at radius 3 is 2.74 bits per heavy atom. The van der Waals surface area contributed by atoms with Gasteiger partial charge in [-0.3, -0.25) is 4.99 Å². The fraction of sp³-hybridized carbons (Fsp3) is 0.562. The molecule has 0 spiro atoms. The Kier molecular flexibility index (Phi) is 4.22. The summed E-state index contributed by atoms with van der Waals surface area (Å²) in [5.41, 5.74) is 2.86. The van der Waals surface area contributed by atoms with Crippen molar-refractivity contribution in [2.75, 3.05) is 4.43 Å². The molecule has 1 heterocycles. The number of halogens is 1. The molecule has 1 aromatic carbocycles. The van der Waals surface area contributed by atoms with Gasteiger partial charge < -0.3 is 0 Å². The molecule has 1 unspecified atom stereocenters. The van der Waals surface area contributed by atoms with Gasteiger partial charge in [0.05, 0.1) is 15.8 Å². The molecular formula is C16H20INS. The van der Waals surface area contributed by atoms with E-state index < -0.39 is 0 Å². The lowest BCUT2D eigenvalue weighted by atomic mass is 9.95. The highest BCUT2D eigenvalue weighted by molar-refractivity contribution is 14.1. The molecule has 0 amide bonds. The normalized spacial score (nSPS) is 29.7. The van der Waals surface area contributed by atoms with Crippen LogP contribution in [0.25, 0.3) is 0 Å². The average Bonchev–Trinajstić information content (AvgIpc) is 2.74. The van der Waals surface area contributed by atoms with Gasteiger partial charge in [-0.2, -0.15) is 0 Å². The zero-order chi connectivity index (χ0) is 13.3. The number of aliphatic imine (C=N–C) groups is 1. The molecule has 0 radical (unpaired) electrons. The maximum atomic E-state index is 5.10. The zero-order valence-corrected chi connectivity index (χ0v) is 14.3. The number of nitrogens with zero attached hydrogens (tertiary/aromatic N) is 1. The Balaban J connectivity index is 1.94. The zero-order valence-electron chi connectivity index (χ0n) is 11.4. The number of thioether (sulfide) groups is 1. The predicted octanol–water partition coefficient (Wildman–Crippen LogP) is 5.16. The highest BCUT2D eigenvalue weighted by Gasteiger charge is 2.38. The lowest BCUT2D eigenvalue weighted by Gasteiger charge is -2.21. The van der Waals surface area contributed by atoms with E-state index in [1.165, 1.54) is 48.3 Å². The first kappa shape index (κ1) is 13.9. The summed E-state index contributed by atoms with van der Waals surface area (Å²) >= 11 is 4.49. The Hall–Kier alpha value is -0.0300. The number of hydrogen-bond acceptors (Lipinski definition) is 2. The van der Waals surface area contributed by atoms with Gasteiger partial charge in [-0.15, -0.1) is 0 Å². The van der Waals surface area contributed by atoms with Crippen LogP contribution in [0.3, 0.4) is 0 Å². The van der Waals surface area contributed by atoms with Gasteiger partial charge in [0.2, 0.25) is 0 Å². The highest BCUT2D eigenvalue weighted by Crippen LogP contribution is 2.48. The number of rotatable bonds is 2. The van der Waals surface area contributed by atoms with Gasteiger partial charge in [-0.25, -0.2) is 0 Å². The Bertz CT molecular complexity index is 493. The third-order valence-electron chi connectivity index (χ3n) is 4.18. The van der Waals surface area contributed by atoms with Crippen LogP contribution in [0.15, 0.2) is 29.3 Å². The van der Waals surface area contributed by atoms with E-state index in [9.17, 15) is 0 Å². The molecule has 0 saturated heterocycles. The molecule has 1 saturated carbocycles. The largest absolute Gasteiger partial charge is 0.274 e. The van der Waals surface area contributed by atoms with Gasteiger partial charge in [0.1, 0.15) is 0 Å². The van der Waals surface area contributed by atoms with Gasteiger partial charge in [-0.05, 0) is 25.3 Å². The minimum Gasteiger partial charge on any atom is -0.274 e. The molecule has 2 aliphatic rings. The summed E-state index contributed by atoms with van der Waals surface area (Å²) in [4.78, 5) is 5.10. The molecule has 19 heavy (non-hydrogen) atoms. The molecule has 102 valence electrons. The van der Waals surface area contributed by atoms with Crippen molar-refractivity contribution in [3.8, 4) is 0 Å². The van der Waals surface area contributed by atoms with E-state index in [0.29, 0.717) is 6.04 Å². The average molecular weight is 385 g/mol. The summed E-state index contributed by atoms with van der Waals surface area (Å²) in [7, 11) is 0. The van der Waals surface area contributed by atoms with E-state index >= 15 is 0 Å². The third-order valence-corrected chi connectivity index (χ3v) is 7.56. The van der Waals surface area contributed by atoms with E-state index in [4.69, 9.17) is 4.99 Å². The van der Waals surface area contributed by atoms with Gasteiger partial charge in [0.25, 0.3) is 0 Å². The van der Waals surface area contributed by atoms with Crippen molar-refractivity contribution in [2.24, 2.45) is 4.99 Å². The van der Waals surface area contributed by atoms with E-state index in [1.807, 2.05) is 11.8 Å². The quantitative estimate of drug-likeness (QED) is 0.506. The summed E-state index contributed by atoms with van der Waals surface area (Å²) in [6, 6.07) is 9.41. The molecule has 1 aliphatic heterocycles. The standard InChI is InChI=1S/C16H20INS/c1-16(11-17)14-10-6-5-9-13(14)15(19-16)18-12-7-3-2-4-8-12/h5-6,9-10,12H,2-4,7-8,11H2,1H3. The van der Waals surface area contributed by atoms with Crippen molar-refractivity contribution >= 4 is 39.4 Å². The van der Waals surface area contributed by atoms with Crippen LogP contribution in [-0.2, 0) is 4.75 Å². The SMILES string of the molecule is CC1(CI)SC(=NC2CCCCC2)c2ccccc21. The lowest BCUT2D eigenvalue weighted by Crippen LogP contribution is -2.15. The molecule has 3 heteroatoms. The summed E-state index contributed by atoms with van der Waals surface area (Å²) in [5, 5.41) is 1.29. The summed E-state index contributed by atoms with van der Waals surface area (Å²) < 4.78 is 1.35. The van der Waals surface area contributed by atoms with Crippen molar-refractivity contribution in [1.82, 2.24) is 0 Å². The minimum atomic E-state index is 0.213. The molecule has 0 bridgehead atoms. The van der Waals surface area contributed by atoms with Gasteiger partial charge >= 0.3 is 0 Å². The van der Waals surface area contributed by atoms with Crippen LogP contribution >= 0.6 is 34.4 Å². The van der Waals surface area contributed by atoms with E-state index in [2.05, 4.69) is 53.8 Å². The molecule has 1 fully saturated rings. The third kappa shape index (κ3) is 2.73. The van der Waals surface area contributed by atoms with Gasteiger partial charge in [0.15, 0.2) is 0 Å². The van der Waals surface area contributed by atoms with Crippen LogP contribution in [0.1, 0.15) is 50.2 Å².